The van der Waals surface area contributed by atoms with Gasteiger partial charge in [0.2, 0.25) is 0 Å². The molecule has 0 spiro atoms. The van der Waals surface area contributed by atoms with Crippen LogP contribution in [0.15, 0.2) is 30.5 Å². The fourth-order valence-electron chi connectivity index (χ4n) is 1.25. The topological polar surface area (TPSA) is 33.1 Å². The van der Waals surface area contributed by atoms with Gasteiger partial charge in [-0.3, -0.25) is 4.98 Å². The number of fused-ring (bicyclic) bond motifs is 1. The molecule has 0 aliphatic carbocycles. The van der Waals surface area contributed by atoms with Gasteiger partial charge in [0.05, 0.1) is 18.3 Å². The Labute approximate surface area is 74.7 Å². The maximum atomic E-state index is 12.7. The highest BCUT2D eigenvalue weighted by atomic mass is 19.1. The van der Waals surface area contributed by atoms with E-state index in [4.69, 9.17) is 5.11 Å². The van der Waals surface area contributed by atoms with E-state index >= 15 is 0 Å². The number of aliphatic hydroxyl groups excluding tert-OH is 1. The highest BCUT2D eigenvalue weighted by Crippen LogP contribution is 2.14. The minimum Gasteiger partial charge on any atom is -0.392 e. The maximum absolute atomic E-state index is 12.7. The number of benzene rings is 1. The molecule has 2 nitrogen and oxygen atoms in total. The first-order chi connectivity index (χ1) is 6.29. The van der Waals surface area contributed by atoms with E-state index in [1.165, 1.54) is 12.3 Å². The average Bonchev–Trinajstić information content (AvgIpc) is 2.16. The number of pyridine rings is 1. The summed E-state index contributed by atoms with van der Waals surface area (Å²) in [6.45, 7) is -0.0353. The number of aliphatic hydroxyl groups is 1. The smallest absolute Gasteiger partial charge is 0.142 e. The molecule has 0 saturated heterocycles. The Balaban J connectivity index is 2.68. The largest absolute Gasteiger partial charge is 0.392 e. The Morgan fingerprint density at radius 2 is 2.15 bits per heavy atom. The van der Waals surface area contributed by atoms with E-state index in [1.807, 2.05) is 0 Å². The molecule has 0 aliphatic heterocycles. The van der Waals surface area contributed by atoms with Gasteiger partial charge in [0, 0.05) is 5.39 Å². The predicted octanol–water partition coefficient (Wildman–Crippen LogP) is 1.87. The number of aromatic nitrogens is 1. The summed E-state index contributed by atoms with van der Waals surface area (Å²) in [6.07, 6.45) is 1.18. The molecule has 0 amide bonds. The van der Waals surface area contributed by atoms with Crippen LogP contribution in [0.1, 0.15) is 5.56 Å². The van der Waals surface area contributed by atoms with Gasteiger partial charge in [-0.15, -0.1) is 0 Å². The second kappa shape index (κ2) is 3.11. The molecule has 1 aromatic carbocycles. The molecule has 0 atom stereocenters. The van der Waals surface area contributed by atoms with Crippen LogP contribution < -0.4 is 0 Å². The van der Waals surface area contributed by atoms with Crippen LogP contribution in [-0.2, 0) is 6.61 Å². The van der Waals surface area contributed by atoms with Crippen LogP contribution in [-0.4, -0.2) is 10.1 Å². The highest BCUT2D eigenvalue weighted by molar-refractivity contribution is 5.78. The van der Waals surface area contributed by atoms with Gasteiger partial charge in [-0.1, -0.05) is 6.07 Å². The van der Waals surface area contributed by atoms with Gasteiger partial charge in [-0.25, -0.2) is 4.39 Å². The normalized spacial score (nSPS) is 10.6. The van der Waals surface area contributed by atoms with Crippen molar-refractivity contribution in [2.75, 3.05) is 0 Å². The lowest BCUT2D eigenvalue weighted by molar-refractivity contribution is 0.282. The van der Waals surface area contributed by atoms with Gasteiger partial charge in [0.1, 0.15) is 5.82 Å². The fourth-order valence-corrected chi connectivity index (χ4v) is 1.25. The first kappa shape index (κ1) is 8.13. The molecule has 0 radical (unpaired) electrons. The SMILES string of the molecule is OCc1ccc2ncc(F)cc2c1. The maximum Gasteiger partial charge on any atom is 0.142 e. The van der Waals surface area contributed by atoms with Crippen LogP contribution in [0.5, 0.6) is 0 Å². The molecule has 0 unspecified atom stereocenters. The third-order valence-electron chi connectivity index (χ3n) is 1.89. The van der Waals surface area contributed by atoms with E-state index in [1.54, 1.807) is 18.2 Å². The summed E-state index contributed by atoms with van der Waals surface area (Å²) in [7, 11) is 0. The zero-order valence-electron chi connectivity index (χ0n) is 6.87. The third-order valence-corrected chi connectivity index (χ3v) is 1.89. The van der Waals surface area contributed by atoms with Gasteiger partial charge in [0.15, 0.2) is 0 Å². The van der Waals surface area contributed by atoms with E-state index < -0.39 is 0 Å². The van der Waals surface area contributed by atoms with Crippen molar-refractivity contribution in [3.8, 4) is 0 Å². The molecule has 0 fully saturated rings. The molecular weight excluding hydrogens is 169 g/mol. The minimum absolute atomic E-state index is 0.0353. The van der Waals surface area contributed by atoms with Crippen molar-refractivity contribution in [2.45, 2.75) is 6.61 Å². The van der Waals surface area contributed by atoms with Crippen molar-refractivity contribution < 1.29 is 9.50 Å². The van der Waals surface area contributed by atoms with Crippen LogP contribution in [0, 0.1) is 5.82 Å². The lowest BCUT2D eigenvalue weighted by Gasteiger charge is -1.99. The molecule has 2 rings (SSSR count). The third kappa shape index (κ3) is 1.51. The monoisotopic (exact) mass is 177 g/mol. The van der Waals surface area contributed by atoms with Crippen LogP contribution in [0.2, 0.25) is 0 Å². The van der Waals surface area contributed by atoms with Crippen LogP contribution in [0.4, 0.5) is 4.39 Å². The van der Waals surface area contributed by atoms with Gasteiger partial charge < -0.3 is 5.11 Å². The molecular formula is C10H8FNO. The van der Waals surface area contributed by atoms with E-state index in [2.05, 4.69) is 4.98 Å². The summed E-state index contributed by atoms with van der Waals surface area (Å²) in [4.78, 5) is 3.90. The summed E-state index contributed by atoms with van der Waals surface area (Å²) in [5.41, 5.74) is 1.50. The van der Waals surface area contributed by atoms with Gasteiger partial charge >= 0.3 is 0 Å². The Morgan fingerprint density at radius 1 is 1.31 bits per heavy atom. The molecule has 0 bridgehead atoms. The molecule has 1 N–H and O–H groups in total. The summed E-state index contributed by atoms with van der Waals surface area (Å²) in [5.74, 6) is -0.359. The fraction of sp³-hybridized carbons (Fsp3) is 0.100. The van der Waals surface area contributed by atoms with Gasteiger partial charge in [-0.05, 0) is 23.8 Å². The summed E-state index contributed by atoms with van der Waals surface area (Å²) < 4.78 is 12.7. The van der Waals surface area contributed by atoms with E-state index in [-0.39, 0.29) is 12.4 Å². The summed E-state index contributed by atoms with van der Waals surface area (Å²) in [6, 6.07) is 6.67. The van der Waals surface area contributed by atoms with Crippen molar-refractivity contribution in [3.63, 3.8) is 0 Å². The van der Waals surface area contributed by atoms with Crippen molar-refractivity contribution >= 4 is 10.9 Å². The minimum atomic E-state index is -0.359. The van der Waals surface area contributed by atoms with Crippen molar-refractivity contribution in [1.82, 2.24) is 4.98 Å². The number of rotatable bonds is 1. The second-order valence-corrected chi connectivity index (χ2v) is 2.84. The molecule has 1 aromatic heterocycles. The first-order valence-corrected chi connectivity index (χ1v) is 3.94. The van der Waals surface area contributed by atoms with Gasteiger partial charge in [0.25, 0.3) is 0 Å². The van der Waals surface area contributed by atoms with Crippen molar-refractivity contribution in [2.24, 2.45) is 0 Å². The predicted molar refractivity (Wildman–Crippen MR) is 47.6 cm³/mol. The lowest BCUT2D eigenvalue weighted by atomic mass is 10.1. The molecule has 3 heteroatoms. The van der Waals surface area contributed by atoms with Crippen LogP contribution >= 0.6 is 0 Å². The molecule has 1 heterocycles. The quantitative estimate of drug-likeness (QED) is 0.721. The number of nitrogens with zero attached hydrogens (tertiary/aromatic N) is 1. The number of halogens is 1. The van der Waals surface area contributed by atoms with E-state index in [0.29, 0.717) is 5.39 Å². The Bertz CT molecular complexity index is 442. The van der Waals surface area contributed by atoms with E-state index in [0.717, 1.165) is 11.1 Å². The number of hydrogen-bond acceptors (Lipinski definition) is 2. The van der Waals surface area contributed by atoms with Crippen LogP contribution in [0.25, 0.3) is 10.9 Å². The zero-order valence-corrected chi connectivity index (χ0v) is 6.87. The molecule has 13 heavy (non-hydrogen) atoms. The lowest BCUT2D eigenvalue weighted by Crippen LogP contribution is -1.85. The number of hydrogen-bond donors (Lipinski definition) is 1. The first-order valence-electron chi connectivity index (χ1n) is 3.94. The standard InChI is InChI=1S/C10H8FNO/c11-9-4-8-3-7(6-13)1-2-10(8)12-5-9/h1-5,13H,6H2. The molecule has 0 saturated carbocycles. The molecule has 2 aromatic rings. The zero-order chi connectivity index (χ0) is 9.26. The van der Waals surface area contributed by atoms with Gasteiger partial charge in [-0.2, -0.15) is 0 Å². The summed E-state index contributed by atoms with van der Waals surface area (Å²) in [5, 5.41) is 9.57. The highest BCUT2D eigenvalue weighted by Gasteiger charge is 1.98. The summed E-state index contributed by atoms with van der Waals surface area (Å²) >= 11 is 0. The Kier molecular flexibility index (Phi) is 1.94. The Morgan fingerprint density at radius 3 is 2.92 bits per heavy atom. The van der Waals surface area contributed by atoms with E-state index in [9.17, 15) is 4.39 Å². The van der Waals surface area contributed by atoms with Crippen LogP contribution in [0.3, 0.4) is 0 Å². The van der Waals surface area contributed by atoms with Crippen molar-refractivity contribution in [3.05, 3.63) is 41.8 Å². The average molecular weight is 177 g/mol. The molecule has 0 aliphatic rings. The Hall–Kier alpha value is -1.48. The second-order valence-electron chi connectivity index (χ2n) is 2.84. The van der Waals surface area contributed by atoms with Crippen molar-refractivity contribution in [1.29, 1.82) is 0 Å². The molecule has 66 valence electrons.